The van der Waals surface area contributed by atoms with Crippen LogP contribution in [0, 0.1) is 10.1 Å². The molecule has 2 aromatic rings. The number of fused-ring (bicyclic) bond motifs is 2. The number of carbonyl (C=O) groups excluding carboxylic acids is 1. The maximum absolute atomic E-state index is 12.7. The highest BCUT2D eigenvalue weighted by molar-refractivity contribution is 5.96. The highest BCUT2D eigenvalue weighted by atomic mass is 16.6. The number of ether oxygens (including phenoxy) is 2. The molecule has 7 heteroatoms. The molecular formula is C20H20N2O5. The summed E-state index contributed by atoms with van der Waals surface area (Å²) in [7, 11) is 0. The number of nitro benzene ring substituents is 1. The Kier molecular flexibility index (Phi) is 4.02. The monoisotopic (exact) mass is 368 g/mol. The van der Waals surface area contributed by atoms with Crippen LogP contribution in [-0.2, 0) is 17.6 Å². The van der Waals surface area contributed by atoms with E-state index in [0.29, 0.717) is 30.2 Å². The van der Waals surface area contributed by atoms with Gasteiger partial charge in [-0.05, 0) is 31.9 Å². The summed E-state index contributed by atoms with van der Waals surface area (Å²) in [5.74, 6) is 1.00. The van der Waals surface area contributed by atoms with E-state index in [9.17, 15) is 14.9 Å². The van der Waals surface area contributed by atoms with Gasteiger partial charge in [0.1, 0.15) is 5.60 Å². The topological polar surface area (TPSA) is 81.9 Å². The second kappa shape index (κ2) is 6.26. The van der Waals surface area contributed by atoms with Gasteiger partial charge in [0.15, 0.2) is 18.1 Å². The summed E-state index contributed by atoms with van der Waals surface area (Å²) in [6.07, 6.45) is 1.47. The molecule has 0 saturated carbocycles. The molecule has 0 bridgehead atoms. The van der Waals surface area contributed by atoms with Crippen molar-refractivity contribution in [2.24, 2.45) is 0 Å². The number of amides is 1. The summed E-state index contributed by atoms with van der Waals surface area (Å²) >= 11 is 0. The number of rotatable bonds is 4. The fourth-order valence-electron chi connectivity index (χ4n) is 3.66. The summed E-state index contributed by atoms with van der Waals surface area (Å²) in [5, 5.41) is 11.0. The number of hydrogen-bond acceptors (Lipinski definition) is 5. The van der Waals surface area contributed by atoms with E-state index < -0.39 is 4.92 Å². The standard InChI is InChI=1S/C20H20N2O5/c1-20(2)11-14-4-3-5-17(19(14)27-20)26-12-18(23)21-9-8-13-6-7-15(22(24)25)10-16(13)21/h3-7,10H,8-9,11-12H2,1-2H3. The van der Waals surface area contributed by atoms with Crippen LogP contribution >= 0.6 is 0 Å². The summed E-state index contributed by atoms with van der Waals surface area (Å²) in [4.78, 5) is 24.8. The molecule has 0 unspecified atom stereocenters. The van der Waals surface area contributed by atoms with Gasteiger partial charge in [-0.25, -0.2) is 0 Å². The average molecular weight is 368 g/mol. The lowest BCUT2D eigenvalue weighted by atomic mass is 10.0. The third-order valence-corrected chi connectivity index (χ3v) is 4.88. The Morgan fingerprint density at radius 1 is 1.30 bits per heavy atom. The second-order valence-electron chi connectivity index (χ2n) is 7.44. The second-order valence-corrected chi connectivity index (χ2v) is 7.44. The van der Waals surface area contributed by atoms with E-state index in [4.69, 9.17) is 9.47 Å². The molecule has 2 aliphatic rings. The van der Waals surface area contributed by atoms with Crippen molar-refractivity contribution in [3.63, 3.8) is 0 Å². The first kappa shape index (κ1) is 17.3. The molecule has 1 amide bonds. The van der Waals surface area contributed by atoms with E-state index in [1.54, 1.807) is 17.0 Å². The van der Waals surface area contributed by atoms with Crippen molar-refractivity contribution in [1.29, 1.82) is 0 Å². The zero-order valence-electron chi connectivity index (χ0n) is 15.2. The molecule has 0 radical (unpaired) electrons. The molecule has 0 N–H and O–H groups in total. The van der Waals surface area contributed by atoms with E-state index in [1.807, 2.05) is 26.0 Å². The van der Waals surface area contributed by atoms with Crippen LogP contribution < -0.4 is 14.4 Å². The van der Waals surface area contributed by atoms with E-state index in [-0.39, 0.29) is 23.8 Å². The first-order chi connectivity index (χ1) is 12.8. The van der Waals surface area contributed by atoms with Crippen LogP contribution in [-0.4, -0.2) is 29.6 Å². The van der Waals surface area contributed by atoms with Gasteiger partial charge in [-0.3, -0.25) is 14.9 Å². The summed E-state index contributed by atoms with van der Waals surface area (Å²) in [5.41, 5.74) is 2.27. The Morgan fingerprint density at radius 3 is 2.89 bits per heavy atom. The number of benzene rings is 2. The molecule has 0 aromatic heterocycles. The Bertz CT molecular complexity index is 938. The minimum absolute atomic E-state index is 0.0223. The van der Waals surface area contributed by atoms with Gasteiger partial charge >= 0.3 is 0 Å². The molecule has 2 heterocycles. The van der Waals surface area contributed by atoms with Crippen LogP contribution in [0.15, 0.2) is 36.4 Å². The third kappa shape index (κ3) is 3.20. The minimum Gasteiger partial charge on any atom is -0.483 e. The molecule has 0 spiro atoms. The number of anilines is 1. The van der Waals surface area contributed by atoms with Crippen LogP contribution in [0.2, 0.25) is 0 Å². The summed E-state index contributed by atoms with van der Waals surface area (Å²) < 4.78 is 11.7. The van der Waals surface area contributed by atoms with E-state index in [2.05, 4.69) is 0 Å². The largest absolute Gasteiger partial charge is 0.483 e. The maximum atomic E-state index is 12.7. The molecule has 140 valence electrons. The van der Waals surface area contributed by atoms with Gasteiger partial charge in [0.25, 0.3) is 11.6 Å². The highest BCUT2D eigenvalue weighted by Gasteiger charge is 2.33. The molecule has 0 aliphatic carbocycles. The molecule has 27 heavy (non-hydrogen) atoms. The molecule has 4 rings (SSSR count). The SMILES string of the molecule is CC1(C)Cc2cccc(OCC(=O)N3CCc4ccc([N+](=O)[O-])cc43)c2O1. The van der Waals surface area contributed by atoms with Crippen molar-refractivity contribution in [3.05, 3.63) is 57.6 Å². The number of nitrogens with zero attached hydrogens (tertiary/aromatic N) is 2. The van der Waals surface area contributed by atoms with E-state index in [1.165, 1.54) is 12.1 Å². The quantitative estimate of drug-likeness (QED) is 0.611. The maximum Gasteiger partial charge on any atom is 0.271 e. The van der Waals surface area contributed by atoms with Gasteiger partial charge in [-0.1, -0.05) is 18.2 Å². The first-order valence-corrected chi connectivity index (χ1v) is 8.85. The van der Waals surface area contributed by atoms with Crippen molar-refractivity contribution in [2.75, 3.05) is 18.1 Å². The Morgan fingerprint density at radius 2 is 2.11 bits per heavy atom. The summed E-state index contributed by atoms with van der Waals surface area (Å²) in [6, 6.07) is 10.3. The van der Waals surface area contributed by atoms with Gasteiger partial charge in [-0.15, -0.1) is 0 Å². The van der Waals surface area contributed by atoms with Crippen LogP contribution in [0.3, 0.4) is 0 Å². The number of carbonyl (C=O) groups is 1. The first-order valence-electron chi connectivity index (χ1n) is 8.85. The predicted molar refractivity (Wildman–Crippen MR) is 99.5 cm³/mol. The number of para-hydroxylation sites is 1. The van der Waals surface area contributed by atoms with Gasteiger partial charge in [0.05, 0.1) is 10.6 Å². The van der Waals surface area contributed by atoms with Crippen LogP contribution in [0.5, 0.6) is 11.5 Å². The Labute approximate surface area is 156 Å². The zero-order valence-corrected chi connectivity index (χ0v) is 15.2. The van der Waals surface area contributed by atoms with E-state index >= 15 is 0 Å². The van der Waals surface area contributed by atoms with Crippen molar-refractivity contribution in [2.45, 2.75) is 32.3 Å². The summed E-state index contributed by atoms with van der Waals surface area (Å²) in [6.45, 7) is 4.36. The molecule has 2 aromatic carbocycles. The fraction of sp³-hybridized carbons (Fsp3) is 0.350. The third-order valence-electron chi connectivity index (χ3n) is 4.88. The smallest absolute Gasteiger partial charge is 0.271 e. The minimum atomic E-state index is -0.454. The van der Waals surface area contributed by atoms with Gasteiger partial charge < -0.3 is 14.4 Å². The van der Waals surface area contributed by atoms with Gasteiger partial charge in [-0.2, -0.15) is 0 Å². The number of hydrogen-bond donors (Lipinski definition) is 0. The van der Waals surface area contributed by atoms with Crippen molar-refractivity contribution in [1.82, 2.24) is 0 Å². The van der Waals surface area contributed by atoms with Crippen LogP contribution in [0.1, 0.15) is 25.0 Å². The Balaban J connectivity index is 1.49. The number of nitro groups is 1. The van der Waals surface area contributed by atoms with Crippen molar-refractivity contribution in [3.8, 4) is 11.5 Å². The molecule has 0 saturated heterocycles. The van der Waals surface area contributed by atoms with E-state index in [0.717, 1.165) is 17.5 Å². The normalized spacial score (nSPS) is 16.4. The Hall–Kier alpha value is -3.09. The molecule has 0 atom stereocenters. The lowest BCUT2D eigenvalue weighted by Gasteiger charge is -2.20. The fourth-order valence-corrected chi connectivity index (χ4v) is 3.66. The lowest BCUT2D eigenvalue weighted by Crippen LogP contribution is -2.33. The van der Waals surface area contributed by atoms with Crippen LogP contribution in [0.4, 0.5) is 11.4 Å². The molecule has 2 aliphatic heterocycles. The predicted octanol–water partition coefficient (Wildman–Crippen LogP) is 3.28. The number of non-ortho nitro benzene ring substituents is 1. The average Bonchev–Trinajstić information content (AvgIpc) is 3.18. The molecule has 0 fully saturated rings. The lowest BCUT2D eigenvalue weighted by molar-refractivity contribution is -0.384. The molecular weight excluding hydrogens is 348 g/mol. The van der Waals surface area contributed by atoms with Crippen molar-refractivity contribution >= 4 is 17.3 Å². The van der Waals surface area contributed by atoms with Gasteiger partial charge in [0.2, 0.25) is 0 Å². The van der Waals surface area contributed by atoms with Crippen molar-refractivity contribution < 1.29 is 19.2 Å². The zero-order chi connectivity index (χ0) is 19.2. The highest BCUT2D eigenvalue weighted by Crippen LogP contribution is 2.41. The van der Waals surface area contributed by atoms with Crippen LogP contribution in [0.25, 0.3) is 0 Å². The molecule has 7 nitrogen and oxygen atoms in total. The van der Waals surface area contributed by atoms with Gasteiger partial charge in [0, 0.05) is 30.7 Å².